The molecular weight excluding hydrogens is 323 g/mol. The molecule has 1 N–H and O–H groups in total. The molecule has 0 unspecified atom stereocenters. The van der Waals surface area contributed by atoms with Gasteiger partial charge in [-0.3, -0.25) is 4.79 Å². The highest BCUT2D eigenvalue weighted by molar-refractivity contribution is 5.99. The number of hydrogen-bond donors (Lipinski definition) is 1. The monoisotopic (exact) mass is 343 g/mol. The second-order valence-corrected chi connectivity index (χ2v) is 6.39. The Hall–Kier alpha value is -1.83. The molecule has 2 fully saturated rings. The molecule has 0 bridgehead atoms. The molecule has 3 rings (SSSR count). The van der Waals surface area contributed by atoms with Crippen molar-refractivity contribution in [3.8, 4) is 5.88 Å². The molecule has 1 aromatic heterocycles. The lowest BCUT2D eigenvalue weighted by molar-refractivity contribution is -0.189. The van der Waals surface area contributed by atoms with Crippen molar-refractivity contribution >= 4 is 11.6 Å². The molecule has 1 spiro atoms. The largest absolute Gasteiger partial charge is 0.465 e. The van der Waals surface area contributed by atoms with Crippen LogP contribution in [0.1, 0.15) is 26.2 Å². The topological polar surface area (TPSA) is 54.5 Å². The van der Waals surface area contributed by atoms with Crippen molar-refractivity contribution in [1.82, 2.24) is 10.3 Å². The first kappa shape index (κ1) is 17.0. The third-order valence-corrected chi connectivity index (χ3v) is 4.86. The van der Waals surface area contributed by atoms with Gasteiger partial charge in [0, 0.05) is 12.6 Å². The number of halogens is 3. The van der Waals surface area contributed by atoms with Crippen LogP contribution in [-0.4, -0.2) is 42.8 Å². The second kappa shape index (κ2) is 6.23. The van der Waals surface area contributed by atoms with Crippen LogP contribution in [-0.2, 0) is 4.79 Å². The number of nitrogens with zero attached hydrogens (tertiary/aromatic N) is 2. The number of nitrogens with one attached hydrogen (secondary N) is 1. The zero-order valence-corrected chi connectivity index (χ0v) is 13.4. The predicted molar refractivity (Wildman–Crippen MR) is 81.9 cm³/mol. The Morgan fingerprint density at radius 3 is 2.58 bits per heavy atom. The first-order valence-electron chi connectivity index (χ1n) is 8.04. The van der Waals surface area contributed by atoms with Crippen LogP contribution in [0.2, 0.25) is 0 Å². The first-order valence-corrected chi connectivity index (χ1v) is 8.04. The SMILES string of the molecule is C[C@H](Oc1ccc(N2CCC3(CCNCC3)C2=O)cn1)C(F)(F)F. The van der Waals surface area contributed by atoms with Crippen LogP contribution in [0.25, 0.3) is 0 Å². The molecule has 0 radical (unpaired) electrons. The normalized spacial score (nSPS) is 22.0. The van der Waals surface area contributed by atoms with Crippen molar-refractivity contribution in [2.75, 3.05) is 24.5 Å². The summed E-state index contributed by atoms with van der Waals surface area (Å²) >= 11 is 0. The van der Waals surface area contributed by atoms with E-state index < -0.39 is 12.3 Å². The fourth-order valence-electron chi connectivity index (χ4n) is 3.29. The maximum atomic E-state index is 12.8. The van der Waals surface area contributed by atoms with Crippen molar-refractivity contribution in [2.45, 2.75) is 38.5 Å². The molecule has 1 amide bonds. The number of hydrogen-bond acceptors (Lipinski definition) is 4. The lowest BCUT2D eigenvalue weighted by Crippen LogP contribution is -2.42. The number of pyridine rings is 1. The van der Waals surface area contributed by atoms with Gasteiger partial charge in [0.15, 0.2) is 6.10 Å². The van der Waals surface area contributed by atoms with Gasteiger partial charge < -0.3 is 15.0 Å². The minimum Gasteiger partial charge on any atom is -0.465 e. The summed E-state index contributed by atoms with van der Waals surface area (Å²) in [6, 6.07) is 2.96. The van der Waals surface area contributed by atoms with E-state index in [1.54, 1.807) is 11.0 Å². The molecule has 1 aromatic rings. The van der Waals surface area contributed by atoms with Crippen molar-refractivity contribution in [2.24, 2.45) is 5.41 Å². The average Bonchev–Trinajstić information content (AvgIpc) is 2.85. The molecule has 24 heavy (non-hydrogen) atoms. The summed E-state index contributed by atoms with van der Waals surface area (Å²) in [5.41, 5.74) is 0.299. The van der Waals surface area contributed by atoms with E-state index in [0.29, 0.717) is 12.2 Å². The Morgan fingerprint density at radius 1 is 1.29 bits per heavy atom. The van der Waals surface area contributed by atoms with Crippen LogP contribution in [0, 0.1) is 5.41 Å². The Labute approximate surface area is 138 Å². The fourth-order valence-corrected chi connectivity index (χ4v) is 3.29. The van der Waals surface area contributed by atoms with Crippen molar-refractivity contribution in [1.29, 1.82) is 0 Å². The Kier molecular flexibility index (Phi) is 4.42. The Balaban J connectivity index is 1.69. The van der Waals surface area contributed by atoms with Crippen LogP contribution < -0.4 is 15.0 Å². The zero-order chi connectivity index (χ0) is 17.4. The standard InChI is InChI=1S/C16H20F3N3O2/c1-11(16(17,18)19)24-13-3-2-12(10-21-13)22-9-6-15(14(22)23)4-7-20-8-5-15/h2-3,10-11,20H,4-9H2,1H3/t11-/m0/s1. The number of aromatic nitrogens is 1. The van der Waals surface area contributed by atoms with Crippen LogP contribution in [0.4, 0.5) is 18.9 Å². The molecule has 8 heteroatoms. The van der Waals surface area contributed by atoms with Gasteiger partial charge in [0.2, 0.25) is 11.8 Å². The number of carbonyl (C=O) groups is 1. The van der Waals surface area contributed by atoms with Crippen LogP contribution in [0.5, 0.6) is 5.88 Å². The maximum absolute atomic E-state index is 12.8. The molecular formula is C16H20F3N3O2. The summed E-state index contributed by atoms with van der Waals surface area (Å²) in [7, 11) is 0. The molecule has 132 valence electrons. The zero-order valence-electron chi connectivity index (χ0n) is 13.4. The molecule has 0 aromatic carbocycles. The number of carbonyl (C=O) groups excluding carboxylic acids is 1. The van der Waals surface area contributed by atoms with E-state index in [9.17, 15) is 18.0 Å². The molecule has 0 aliphatic carbocycles. The quantitative estimate of drug-likeness (QED) is 0.916. The number of amides is 1. The number of anilines is 1. The van der Waals surface area contributed by atoms with E-state index in [-0.39, 0.29) is 17.2 Å². The third-order valence-electron chi connectivity index (χ3n) is 4.86. The van der Waals surface area contributed by atoms with Crippen molar-refractivity contribution in [3.05, 3.63) is 18.3 Å². The summed E-state index contributed by atoms with van der Waals surface area (Å²) in [6.45, 7) is 3.21. The summed E-state index contributed by atoms with van der Waals surface area (Å²) in [5.74, 6) is -0.0186. The molecule has 2 aliphatic rings. The molecule has 3 heterocycles. The van der Waals surface area contributed by atoms with Gasteiger partial charge in [-0.2, -0.15) is 13.2 Å². The van der Waals surface area contributed by atoms with Crippen LogP contribution >= 0.6 is 0 Å². The summed E-state index contributed by atoms with van der Waals surface area (Å²) in [4.78, 5) is 18.4. The van der Waals surface area contributed by atoms with Gasteiger partial charge in [-0.25, -0.2) is 4.98 Å². The fraction of sp³-hybridized carbons (Fsp3) is 0.625. The average molecular weight is 343 g/mol. The van der Waals surface area contributed by atoms with Gasteiger partial charge in [0.1, 0.15) is 0 Å². The van der Waals surface area contributed by atoms with E-state index >= 15 is 0 Å². The molecule has 1 atom stereocenters. The van der Waals surface area contributed by atoms with Gasteiger partial charge in [-0.15, -0.1) is 0 Å². The van der Waals surface area contributed by atoms with Gasteiger partial charge in [-0.05, 0) is 45.3 Å². The Morgan fingerprint density at radius 2 is 2.00 bits per heavy atom. The first-order chi connectivity index (χ1) is 11.3. The van der Waals surface area contributed by atoms with E-state index in [4.69, 9.17) is 4.74 Å². The number of piperidine rings is 1. The van der Waals surface area contributed by atoms with E-state index in [1.807, 2.05) is 0 Å². The summed E-state index contributed by atoms with van der Waals surface area (Å²) in [5, 5.41) is 3.26. The second-order valence-electron chi connectivity index (χ2n) is 6.39. The smallest absolute Gasteiger partial charge is 0.425 e. The minimum absolute atomic E-state index is 0.0862. The predicted octanol–water partition coefficient (Wildman–Crippen LogP) is 2.52. The summed E-state index contributed by atoms with van der Waals surface area (Å²) in [6.07, 6.45) is -2.53. The third kappa shape index (κ3) is 3.19. The van der Waals surface area contributed by atoms with Gasteiger partial charge in [0.05, 0.1) is 17.3 Å². The van der Waals surface area contributed by atoms with Gasteiger partial charge in [-0.1, -0.05) is 0 Å². The van der Waals surface area contributed by atoms with Crippen LogP contribution in [0.15, 0.2) is 18.3 Å². The number of ether oxygens (including phenoxy) is 1. The van der Waals surface area contributed by atoms with E-state index in [1.165, 1.54) is 12.3 Å². The molecule has 5 nitrogen and oxygen atoms in total. The molecule has 2 saturated heterocycles. The van der Waals surface area contributed by atoms with Crippen molar-refractivity contribution in [3.63, 3.8) is 0 Å². The maximum Gasteiger partial charge on any atom is 0.425 e. The molecule has 2 aliphatic heterocycles. The lowest BCUT2D eigenvalue weighted by Gasteiger charge is -2.32. The Bertz CT molecular complexity index is 598. The number of rotatable bonds is 3. The lowest BCUT2D eigenvalue weighted by atomic mass is 9.78. The highest BCUT2D eigenvalue weighted by Crippen LogP contribution is 2.41. The van der Waals surface area contributed by atoms with Crippen molar-refractivity contribution < 1.29 is 22.7 Å². The highest BCUT2D eigenvalue weighted by atomic mass is 19.4. The highest BCUT2D eigenvalue weighted by Gasteiger charge is 2.47. The van der Waals surface area contributed by atoms with Gasteiger partial charge >= 0.3 is 6.18 Å². The summed E-state index contributed by atoms with van der Waals surface area (Å²) < 4.78 is 42.3. The van der Waals surface area contributed by atoms with Gasteiger partial charge in [0.25, 0.3) is 0 Å². The van der Waals surface area contributed by atoms with Crippen LogP contribution in [0.3, 0.4) is 0 Å². The number of alkyl halides is 3. The van der Waals surface area contributed by atoms with E-state index in [2.05, 4.69) is 10.3 Å². The molecule has 0 saturated carbocycles. The minimum atomic E-state index is -4.44. The van der Waals surface area contributed by atoms with E-state index in [0.717, 1.165) is 39.3 Å².